The maximum absolute atomic E-state index is 11.3. The molecule has 17 heavy (non-hydrogen) atoms. The number of ether oxygens (including phenoxy) is 2. The summed E-state index contributed by atoms with van der Waals surface area (Å²) >= 11 is 0. The molecule has 4 nitrogen and oxygen atoms in total. The van der Waals surface area contributed by atoms with Crippen LogP contribution in [-0.2, 0) is 11.2 Å². The van der Waals surface area contributed by atoms with Gasteiger partial charge in [-0.1, -0.05) is 6.07 Å². The van der Waals surface area contributed by atoms with E-state index in [9.17, 15) is 4.79 Å². The maximum atomic E-state index is 11.3. The summed E-state index contributed by atoms with van der Waals surface area (Å²) in [6.07, 6.45) is 1.12. The molecule has 0 aliphatic heterocycles. The predicted molar refractivity (Wildman–Crippen MR) is 66.2 cm³/mol. The Morgan fingerprint density at radius 2 is 2.00 bits per heavy atom. The maximum Gasteiger partial charge on any atom is 0.220 e. The lowest BCUT2D eigenvalue weighted by atomic mass is 10.1. The van der Waals surface area contributed by atoms with E-state index < -0.39 is 0 Å². The van der Waals surface area contributed by atoms with Crippen LogP contribution in [0.5, 0.6) is 11.5 Å². The van der Waals surface area contributed by atoms with Crippen LogP contribution >= 0.6 is 0 Å². The average molecular weight is 236 g/mol. The Labute approximate surface area is 102 Å². The van der Waals surface area contributed by atoms with Gasteiger partial charge in [-0.2, -0.15) is 0 Å². The Kier molecular flexibility index (Phi) is 5.33. The van der Waals surface area contributed by atoms with Crippen molar-refractivity contribution in [3.63, 3.8) is 0 Å². The first-order valence-electron chi connectivity index (χ1n) is 5.48. The third-order valence-corrected chi connectivity index (χ3v) is 2.41. The van der Waals surface area contributed by atoms with Gasteiger partial charge in [0.15, 0.2) is 11.5 Å². The van der Waals surface area contributed by atoms with Gasteiger partial charge in [0, 0.05) is 13.0 Å². The van der Waals surface area contributed by atoms with Crippen LogP contribution in [0.15, 0.2) is 18.2 Å². The van der Waals surface area contributed by atoms with Crippen LogP contribution < -0.4 is 14.8 Å². The van der Waals surface area contributed by atoms with Crippen LogP contribution in [0.4, 0.5) is 0 Å². The van der Waals surface area contributed by atoms with E-state index in [1.807, 2.05) is 18.2 Å². The van der Waals surface area contributed by atoms with Crippen molar-refractivity contribution in [2.45, 2.75) is 12.8 Å². The summed E-state index contributed by atoms with van der Waals surface area (Å²) in [6, 6.07) is 5.66. The molecule has 93 valence electrons. The number of benzene rings is 1. The van der Waals surface area contributed by atoms with Crippen molar-refractivity contribution in [3.05, 3.63) is 30.7 Å². The monoisotopic (exact) mass is 236 g/mol. The molecule has 0 unspecified atom stereocenters. The standard InChI is InChI=1S/C13H18NO3/c1-4-14-13(15)8-6-10-5-7-11(16-2)12(9-10)17-3/h5,7,9H,1,4,6,8H2,2-3H3,(H,14,15). The largest absolute Gasteiger partial charge is 0.493 e. The second kappa shape index (κ2) is 6.78. The summed E-state index contributed by atoms with van der Waals surface area (Å²) in [7, 11) is 3.19. The molecule has 1 rings (SSSR count). The molecule has 0 saturated carbocycles. The summed E-state index contributed by atoms with van der Waals surface area (Å²) < 4.78 is 10.3. The third-order valence-electron chi connectivity index (χ3n) is 2.41. The molecule has 0 fully saturated rings. The Balaban J connectivity index is 2.63. The molecule has 0 aliphatic carbocycles. The Morgan fingerprint density at radius 1 is 1.29 bits per heavy atom. The number of methoxy groups -OCH3 is 2. The average Bonchev–Trinajstić information content (AvgIpc) is 2.36. The lowest BCUT2D eigenvalue weighted by molar-refractivity contribution is -0.120. The molecule has 1 aromatic carbocycles. The molecule has 1 aromatic rings. The summed E-state index contributed by atoms with van der Waals surface area (Å²) in [5.74, 6) is 1.39. The second-order valence-electron chi connectivity index (χ2n) is 3.54. The molecular formula is C13H18NO3. The highest BCUT2D eigenvalue weighted by atomic mass is 16.5. The molecule has 0 bridgehead atoms. The summed E-state index contributed by atoms with van der Waals surface area (Å²) in [4.78, 5) is 11.3. The van der Waals surface area contributed by atoms with Gasteiger partial charge in [0.2, 0.25) is 5.91 Å². The zero-order valence-electron chi connectivity index (χ0n) is 10.3. The zero-order valence-corrected chi connectivity index (χ0v) is 10.3. The number of carbonyl (C=O) groups is 1. The fraction of sp³-hybridized carbons (Fsp3) is 0.385. The number of nitrogens with one attached hydrogen (secondary N) is 1. The fourth-order valence-corrected chi connectivity index (χ4v) is 1.52. The minimum atomic E-state index is 0.00906. The highest BCUT2D eigenvalue weighted by Gasteiger charge is 2.06. The minimum absolute atomic E-state index is 0.00906. The SMILES string of the molecule is [CH2]CNC(=O)CCc1ccc(OC)c(OC)c1. The molecule has 1 amide bonds. The lowest BCUT2D eigenvalue weighted by Gasteiger charge is -2.09. The first-order chi connectivity index (χ1) is 8.21. The van der Waals surface area contributed by atoms with Crippen molar-refractivity contribution in [1.29, 1.82) is 0 Å². The van der Waals surface area contributed by atoms with Gasteiger partial charge in [-0.25, -0.2) is 0 Å². The van der Waals surface area contributed by atoms with Crippen molar-refractivity contribution in [1.82, 2.24) is 5.32 Å². The first kappa shape index (κ1) is 13.4. The molecule has 0 saturated heterocycles. The van der Waals surface area contributed by atoms with Gasteiger partial charge in [-0.15, -0.1) is 0 Å². The molecule has 0 heterocycles. The van der Waals surface area contributed by atoms with Gasteiger partial charge in [0.1, 0.15) is 0 Å². The van der Waals surface area contributed by atoms with E-state index in [-0.39, 0.29) is 5.91 Å². The quantitative estimate of drug-likeness (QED) is 0.816. The number of aryl methyl sites for hydroxylation is 1. The third kappa shape index (κ3) is 3.98. The second-order valence-corrected chi connectivity index (χ2v) is 3.54. The van der Waals surface area contributed by atoms with Crippen molar-refractivity contribution < 1.29 is 14.3 Å². The van der Waals surface area contributed by atoms with Gasteiger partial charge in [-0.3, -0.25) is 4.79 Å². The molecule has 1 radical (unpaired) electrons. The topological polar surface area (TPSA) is 47.6 Å². The fourth-order valence-electron chi connectivity index (χ4n) is 1.52. The Bertz CT molecular complexity index is 377. The molecule has 1 N–H and O–H groups in total. The van der Waals surface area contributed by atoms with E-state index >= 15 is 0 Å². The van der Waals surface area contributed by atoms with Gasteiger partial charge in [-0.05, 0) is 31.0 Å². The number of amides is 1. The molecule has 0 atom stereocenters. The Hall–Kier alpha value is -1.71. The number of hydrogen-bond donors (Lipinski definition) is 1. The summed E-state index contributed by atoms with van der Waals surface area (Å²) in [5, 5.41) is 2.66. The van der Waals surface area contributed by atoms with Gasteiger partial charge >= 0.3 is 0 Å². The van der Waals surface area contributed by atoms with E-state index in [2.05, 4.69) is 12.2 Å². The molecular weight excluding hydrogens is 218 g/mol. The lowest BCUT2D eigenvalue weighted by Crippen LogP contribution is -2.22. The molecule has 0 aromatic heterocycles. The van der Waals surface area contributed by atoms with Crippen LogP contribution in [0.1, 0.15) is 12.0 Å². The van der Waals surface area contributed by atoms with Crippen LogP contribution in [0.3, 0.4) is 0 Å². The van der Waals surface area contributed by atoms with Crippen LogP contribution in [0.25, 0.3) is 0 Å². The highest BCUT2D eigenvalue weighted by molar-refractivity contribution is 5.76. The van der Waals surface area contributed by atoms with Gasteiger partial charge in [0.05, 0.1) is 14.2 Å². The van der Waals surface area contributed by atoms with Crippen LogP contribution in [0, 0.1) is 6.92 Å². The molecule has 4 heteroatoms. The van der Waals surface area contributed by atoms with E-state index in [0.29, 0.717) is 30.9 Å². The van der Waals surface area contributed by atoms with E-state index in [1.54, 1.807) is 14.2 Å². The van der Waals surface area contributed by atoms with Crippen LogP contribution in [-0.4, -0.2) is 26.7 Å². The van der Waals surface area contributed by atoms with Gasteiger partial charge in [0.25, 0.3) is 0 Å². The summed E-state index contributed by atoms with van der Waals surface area (Å²) in [5.41, 5.74) is 1.04. The highest BCUT2D eigenvalue weighted by Crippen LogP contribution is 2.27. The van der Waals surface area contributed by atoms with Gasteiger partial charge < -0.3 is 14.8 Å². The van der Waals surface area contributed by atoms with E-state index in [0.717, 1.165) is 5.56 Å². The minimum Gasteiger partial charge on any atom is -0.493 e. The summed E-state index contributed by atoms with van der Waals surface area (Å²) in [6.45, 7) is 3.98. The number of carbonyl (C=O) groups excluding carboxylic acids is 1. The molecule has 0 spiro atoms. The Morgan fingerprint density at radius 3 is 2.59 bits per heavy atom. The number of rotatable bonds is 6. The normalized spacial score (nSPS) is 9.82. The van der Waals surface area contributed by atoms with Crippen molar-refractivity contribution in [2.24, 2.45) is 0 Å². The molecule has 0 aliphatic rings. The van der Waals surface area contributed by atoms with E-state index in [1.165, 1.54) is 0 Å². The first-order valence-corrected chi connectivity index (χ1v) is 5.48. The smallest absolute Gasteiger partial charge is 0.220 e. The van der Waals surface area contributed by atoms with Crippen molar-refractivity contribution >= 4 is 5.91 Å². The zero-order chi connectivity index (χ0) is 12.7. The van der Waals surface area contributed by atoms with Crippen LogP contribution in [0.2, 0.25) is 0 Å². The predicted octanol–water partition coefficient (Wildman–Crippen LogP) is 1.59. The van der Waals surface area contributed by atoms with Crippen molar-refractivity contribution in [3.8, 4) is 11.5 Å². The number of hydrogen-bond acceptors (Lipinski definition) is 3. The van der Waals surface area contributed by atoms with E-state index in [4.69, 9.17) is 9.47 Å². The van der Waals surface area contributed by atoms with Crippen molar-refractivity contribution in [2.75, 3.05) is 20.8 Å².